The van der Waals surface area contributed by atoms with Crippen LogP contribution in [0.5, 0.6) is 0 Å². The minimum absolute atomic E-state index is 0.0290. The van der Waals surface area contributed by atoms with Gasteiger partial charge >= 0.3 is 0 Å². The van der Waals surface area contributed by atoms with Crippen molar-refractivity contribution in [3.8, 4) is 6.07 Å². The molecule has 1 fully saturated rings. The molecule has 1 saturated heterocycles. The van der Waals surface area contributed by atoms with Crippen molar-refractivity contribution < 1.29 is 4.79 Å². The molecule has 0 atom stereocenters. The van der Waals surface area contributed by atoms with Crippen molar-refractivity contribution >= 4 is 16.8 Å². The van der Waals surface area contributed by atoms with Gasteiger partial charge in [0.05, 0.1) is 23.4 Å². The molecule has 1 aliphatic rings. The number of aromatic amines is 1. The SMILES string of the molecule is N#Cc1cnn(C2CN(C(=O)c3c[nH]c4ccccc34)C2)c1. The fourth-order valence-electron chi connectivity index (χ4n) is 2.80. The van der Waals surface area contributed by atoms with Gasteiger partial charge in [-0.05, 0) is 6.07 Å². The Hall–Kier alpha value is -3.07. The highest BCUT2D eigenvalue weighted by Gasteiger charge is 2.33. The second-order valence-electron chi connectivity index (χ2n) is 5.43. The van der Waals surface area contributed by atoms with E-state index < -0.39 is 0 Å². The topological polar surface area (TPSA) is 77.7 Å². The van der Waals surface area contributed by atoms with E-state index >= 15 is 0 Å². The third-order valence-corrected chi connectivity index (χ3v) is 4.07. The number of hydrogen-bond acceptors (Lipinski definition) is 3. The molecule has 0 saturated carbocycles. The van der Waals surface area contributed by atoms with E-state index in [1.54, 1.807) is 28.2 Å². The number of benzene rings is 1. The minimum atomic E-state index is 0.0290. The largest absolute Gasteiger partial charge is 0.360 e. The highest BCUT2D eigenvalue weighted by atomic mass is 16.2. The Morgan fingerprint density at radius 3 is 2.95 bits per heavy atom. The van der Waals surface area contributed by atoms with Gasteiger partial charge < -0.3 is 9.88 Å². The average Bonchev–Trinajstić information content (AvgIpc) is 3.12. The van der Waals surface area contributed by atoms with Gasteiger partial charge in [-0.3, -0.25) is 9.48 Å². The van der Waals surface area contributed by atoms with Crippen LogP contribution in [-0.2, 0) is 0 Å². The number of rotatable bonds is 2. The maximum atomic E-state index is 12.6. The number of amides is 1. The van der Waals surface area contributed by atoms with E-state index in [-0.39, 0.29) is 11.9 Å². The first kappa shape index (κ1) is 12.7. The highest BCUT2D eigenvalue weighted by Crippen LogP contribution is 2.26. The zero-order chi connectivity index (χ0) is 15.1. The number of nitrogens with zero attached hydrogens (tertiary/aromatic N) is 4. The van der Waals surface area contributed by atoms with E-state index in [4.69, 9.17) is 5.26 Å². The van der Waals surface area contributed by atoms with Crippen LogP contribution >= 0.6 is 0 Å². The van der Waals surface area contributed by atoms with Crippen LogP contribution < -0.4 is 0 Å². The van der Waals surface area contributed by atoms with E-state index in [1.807, 2.05) is 24.3 Å². The van der Waals surface area contributed by atoms with Gasteiger partial charge in [0.1, 0.15) is 6.07 Å². The van der Waals surface area contributed by atoms with E-state index in [9.17, 15) is 4.79 Å². The number of nitrogens with one attached hydrogen (secondary N) is 1. The predicted molar refractivity (Wildman–Crippen MR) is 80.2 cm³/mol. The van der Waals surface area contributed by atoms with Gasteiger partial charge in [-0.1, -0.05) is 18.2 Å². The van der Waals surface area contributed by atoms with Crippen LogP contribution in [-0.4, -0.2) is 38.7 Å². The van der Waals surface area contributed by atoms with E-state index in [1.165, 1.54) is 0 Å². The van der Waals surface area contributed by atoms with Gasteiger partial charge in [0.15, 0.2) is 0 Å². The first-order valence-electron chi connectivity index (χ1n) is 7.06. The van der Waals surface area contributed by atoms with Crippen molar-refractivity contribution in [2.75, 3.05) is 13.1 Å². The van der Waals surface area contributed by atoms with Crippen LogP contribution in [0.4, 0.5) is 0 Å². The third kappa shape index (κ3) is 1.87. The Kier molecular flexibility index (Phi) is 2.73. The minimum Gasteiger partial charge on any atom is -0.360 e. The fraction of sp³-hybridized carbons (Fsp3) is 0.188. The molecule has 4 rings (SSSR count). The molecule has 1 aliphatic heterocycles. The van der Waals surface area contributed by atoms with Crippen LogP contribution in [0, 0.1) is 11.3 Å². The summed E-state index contributed by atoms with van der Waals surface area (Å²) < 4.78 is 1.76. The van der Waals surface area contributed by atoms with E-state index in [0.717, 1.165) is 10.9 Å². The van der Waals surface area contributed by atoms with Crippen LogP contribution in [0.1, 0.15) is 22.0 Å². The first-order chi connectivity index (χ1) is 10.8. The van der Waals surface area contributed by atoms with Gasteiger partial charge in [-0.15, -0.1) is 0 Å². The average molecular weight is 291 g/mol. The van der Waals surface area contributed by atoms with Crippen molar-refractivity contribution in [3.63, 3.8) is 0 Å². The van der Waals surface area contributed by atoms with Crippen LogP contribution in [0.2, 0.25) is 0 Å². The number of para-hydroxylation sites is 1. The molecular formula is C16H13N5O. The lowest BCUT2D eigenvalue weighted by Crippen LogP contribution is -2.50. The summed E-state index contributed by atoms with van der Waals surface area (Å²) in [6, 6.07) is 9.98. The van der Waals surface area contributed by atoms with Crippen LogP contribution in [0.25, 0.3) is 10.9 Å². The molecule has 0 aliphatic carbocycles. The lowest BCUT2D eigenvalue weighted by atomic mass is 10.1. The summed E-state index contributed by atoms with van der Waals surface area (Å²) in [6.07, 6.45) is 5.03. The summed E-state index contributed by atoms with van der Waals surface area (Å²) in [6.45, 7) is 1.23. The zero-order valence-electron chi connectivity index (χ0n) is 11.7. The molecule has 0 spiro atoms. The van der Waals surface area contributed by atoms with Gasteiger partial charge in [0.25, 0.3) is 5.91 Å². The number of fused-ring (bicyclic) bond motifs is 1. The zero-order valence-corrected chi connectivity index (χ0v) is 11.7. The van der Waals surface area contributed by atoms with Gasteiger partial charge in [-0.2, -0.15) is 10.4 Å². The maximum absolute atomic E-state index is 12.6. The molecule has 22 heavy (non-hydrogen) atoms. The van der Waals surface area contributed by atoms with Crippen molar-refractivity contribution in [3.05, 3.63) is 54.0 Å². The van der Waals surface area contributed by atoms with E-state index in [0.29, 0.717) is 24.2 Å². The lowest BCUT2D eigenvalue weighted by molar-refractivity contribution is 0.0503. The molecular weight excluding hydrogens is 278 g/mol. The Labute approximate surface area is 126 Å². The molecule has 1 aromatic carbocycles. The summed E-state index contributed by atoms with van der Waals surface area (Å²) in [5.41, 5.74) is 2.21. The Morgan fingerprint density at radius 2 is 2.18 bits per heavy atom. The van der Waals surface area contributed by atoms with Gasteiger partial charge in [-0.25, -0.2) is 0 Å². The Balaban J connectivity index is 1.51. The number of H-pyrrole nitrogens is 1. The molecule has 0 bridgehead atoms. The fourth-order valence-corrected chi connectivity index (χ4v) is 2.80. The smallest absolute Gasteiger partial charge is 0.256 e. The quantitative estimate of drug-likeness (QED) is 0.783. The molecule has 2 aromatic heterocycles. The van der Waals surface area contributed by atoms with Gasteiger partial charge in [0.2, 0.25) is 0 Å². The molecule has 6 heteroatoms. The third-order valence-electron chi connectivity index (χ3n) is 4.07. The number of carbonyl (C=O) groups excluding carboxylic acids is 1. The molecule has 0 radical (unpaired) electrons. The molecule has 0 unspecified atom stereocenters. The maximum Gasteiger partial charge on any atom is 0.256 e. The molecule has 3 heterocycles. The molecule has 1 N–H and O–H groups in total. The number of hydrogen-bond donors (Lipinski definition) is 1. The summed E-state index contributed by atoms with van der Waals surface area (Å²) in [5, 5.41) is 13.9. The number of likely N-dealkylation sites (tertiary alicyclic amines) is 1. The Morgan fingerprint density at radius 1 is 1.36 bits per heavy atom. The van der Waals surface area contributed by atoms with Crippen molar-refractivity contribution in [2.45, 2.75) is 6.04 Å². The normalized spacial score (nSPS) is 14.8. The summed E-state index contributed by atoms with van der Waals surface area (Å²) >= 11 is 0. The monoisotopic (exact) mass is 291 g/mol. The number of aromatic nitrogens is 3. The predicted octanol–water partition coefficient (Wildman–Crippen LogP) is 1.93. The van der Waals surface area contributed by atoms with Crippen molar-refractivity contribution in [1.29, 1.82) is 5.26 Å². The molecule has 6 nitrogen and oxygen atoms in total. The lowest BCUT2D eigenvalue weighted by Gasteiger charge is -2.39. The second-order valence-corrected chi connectivity index (χ2v) is 5.43. The second kappa shape index (κ2) is 4.74. The van der Waals surface area contributed by atoms with Crippen LogP contribution in [0.3, 0.4) is 0 Å². The van der Waals surface area contributed by atoms with E-state index in [2.05, 4.69) is 16.2 Å². The van der Waals surface area contributed by atoms with Crippen molar-refractivity contribution in [2.24, 2.45) is 0 Å². The number of carbonyl (C=O) groups is 1. The summed E-state index contributed by atoms with van der Waals surface area (Å²) in [7, 11) is 0. The summed E-state index contributed by atoms with van der Waals surface area (Å²) in [4.78, 5) is 17.5. The standard InChI is InChI=1S/C16H13N5O/c17-5-11-6-19-21(8-11)12-9-20(10-12)16(22)14-7-18-15-4-2-1-3-13(14)15/h1-4,6-8,12,18H,9-10H2. The molecule has 108 valence electrons. The van der Waals surface area contributed by atoms with Gasteiger partial charge in [0, 0.05) is 36.4 Å². The molecule has 3 aromatic rings. The highest BCUT2D eigenvalue weighted by molar-refractivity contribution is 6.06. The van der Waals surface area contributed by atoms with Crippen LogP contribution in [0.15, 0.2) is 42.9 Å². The number of nitriles is 1. The first-order valence-corrected chi connectivity index (χ1v) is 7.06. The molecule has 1 amide bonds. The van der Waals surface area contributed by atoms with Crippen molar-refractivity contribution in [1.82, 2.24) is 19.7 Å². The summed E-state index contributed by atoms with van der Waals surface area (Å²) in [5.74, 6) is 0.0290. The Bertz CT molecular complexity index is 895.